The molecule has 0 aromatic heterocycles. The van der Waals surface area contributed by atoms with E-state index in [4.69, 9.17) is 0 Å². The molecule has 0 radical (unpaired) electrons. The predicted molar refractivity (Wildman–Crippen MR) is 52.3 cm³/mol. The van der Waals surface area contributed by atoms with Gasteiger partial charge in [0.2, 0.25) is 0 Å². The molecule has 1 fully saturated rings. The van der Waals surface area contributed by atoms with Gasteiger partial charge in [-0.1, -0.05) is 6.08 Å². The monoisotopic (exact) mass is 195 g/mol. The maximum Gasteiger partial charge on any atom is 0.128 e. The Hall–Kier alpha value is -1.38. The fourth-order valence-electron chi connectivity index (χ4n) is 1.59. The second kappa shape index (κ2) is 3.40. The minimum Gasteiger partial charge on any atom is -0.370 e. The van der Waals surface area contributed by atoms with Crippen molar-refractivity contribution < 1.29 is 8.78 Å². The van der Waals surface area contributed by atoms with Gasteiger partial charge in [-0.2, -0.15) is 0 Å². The molecule has 1 heterocycles. The lowest BCUT2D eigenvalue weighted by Gasteiger charge is -2.39. The van der Waals surface area contributed by atoms with Gasteiger partial charge in [0.15, 0.2) is 0 Å². The van der Waals surface area contributed by atoms with Gasteiger partial charge in [0, 0.05) is 30.8 Å². The Morgan fingerprint density at radius 2 is 1.79 bits per heavy atom. The first-order valence-corrected chi connectivity index (χ1v) is 4.52. The Balaban J connectivity index is 2.14. The zero-order chi connectivity index (χ0) is 10.1. The summed E-state index contributed by atoms with van der Waals surface area (Å²) in [6.07, 6.45) is 1.87. The third-order valence-electron chi connectivity index (χ3n) is 2.46. The lowest BCUT2D eigenvalue weighted by molar-refractivity contribution is 0.490. The molecule has 0 amide bonds. The lowest BCUT2D eigenvalue weighted by Crippen LogP contribution is -2.45. The number of rotatable bonds is 2. The molecule has 0 saturated carbocycles. The minimum absolute atomic E-state index is 0.446. The van der Waals surface area contributed by atoms with Gasteiger partial charge in [0.05, 0.1) is 0 Å². The molecule has 0 N–H and O–H groups in total. The summed E-state index contributed by atoms with van der Waals surface area (Å²) >= 11 is 0. The van der Waals surface area contributed by atoms with E-state index in [1.165, 1.54) is 12.1 Å². The van der Waals surface area contributed by atoms with Crippen molar-refractivity contribution in [1.29, 1.82) is 0 Å². The first-order valence-electron chi connectivity index (χ1n) is 4.52. The third kappa shape index (κ3) is 1.62. The summed E-state index contributed by atoms with van der Waals surface area (Å²) < 4.78 is 25.7. The summed E-state index contributed by atoms with van der Waals surface area (Å²) in [6, 6.07) is 3.58. The zero-order valence-corrected chi connectivity index (χ0v) is 7.71. The zero-order valence-electron chi connectivity index (χ0n) is 7.71. The van der Waals surface area contributed by atoms with Crippen LogP contribution >= 0.6 is 0 Å². The van der Waals surface area contributed by atoms with Crippen LogP contribution in [0.4, 0.5) is 14.5 Å². The fraction of sp³-hybridized carbons (Fsp3) is 0.273. The number of halogens is 2. The first-order chi connectivity index (χ1) is 6.69. The van der Waals surface area contributed by atoms with Gasteiger partial charge < -0.3 is 4.90 Å². The van der Waals surface area contributed by atoms with Crippen LogP contribution in [0.2, 0.25) is 0 Å². The van der Waals surface area contributed by atoms with Crippen LogP contribution in [0.1, 0.15) is 0 Å². The molecule has 3 heteroatoms. The van der Waals surface area contributed by atoms with Crippen LogP contribution in [-0.2, 0) is 0 Å². The molecule has 1 aromatic rings. The lowest BCUT2D eigenvalue weighted by atomic mass is 9.99. The van der Waals surface area contributed by atoms with Crippen LogP contribution in [0.25, 0.3) is 0 Å². The largest absolute Gasteiger partial charge is 0.370 e. The SMILES string of the molecule is C=CC1CN(c2cc(F)cc(F)c2)C1. The number of anilines is 1. The number of nitrogens with zero attached hydrogens (tertiary/aromatic N) is 1. The topological polar surface area (TPSA) is 3.24 Å². The second-order valence-corrected chi connectivity index (χ2v) is 3.53. The van der Waals surface area contributed by atoms with Gasteiger partial charge in [0.25, 0.3) is 0 Å². The van der Waals surface area contributed by atoms with E-state index in [0.717, 1.165) is 19.2 Å². The molecule has 14 heavy (non-hydrogen) atoms. The quantitative estimate of drug-likeness (QED) is 0.655. The molecule has 1 aromatic carbocycles. The minimum atomic E-state index is -0.526. The van der Waals surface area contributed by atoms with Crippen LogP contribution in [0.15, 0.2) is 30.9 Å². The van der Waals surface area contributed by atoms with Crippen molar-refractivity contribution in [2.24, 2.45) is 5.92 Å². The van der Waals surface area contributed by atoms with Crippen molar-refractivity contribution in [2.75, 3.05) is 18.0 Å². The van der Waals surface area contributed by atoms with Gasteiger partial charge >= 0.3 is 0 Å². The van der Waals surface area contributed by atoms with E-state index in [2.05, 4.69) is 6.58 Å². The number of hydrogen-bond donors (Lipinski definition) is 0. The average Bonchev–Trinajstić information content (AvgIpc) is 2.00. The van der Waals surface area contributed by atoms with E-state index in [0.29, 0.717) is 11.6 Å². The molecular weight excluding hydrogens is 184 g/mol. The van der Waals surface area contributed by atoms with Crippen molar-refractivity contribution in [3.63, 3.8) is 0 Å². The number of hydrogen-bond acceptors (Lipinski definition) is 1. The van der Waals surface area contributed by atoms with Crippen molar-refractivity contribution >= 4 is 5.69 Å². The third-order valence-corrected chi connectivity index (χ3v) is 2.46. The molecule has 0 unspecified atom stereocenters. The molecule has 0 spiro atoms. The van der Waals surface area contributed by atoms with Crippen LogP contribution in [0.5, 0.6) is 0 Å². The van der Waals surface area contributed by atoms with Crippen LogP contribution in [0.3, 0.4) is 0 Å². The van der Waals surface area contributed by atoms with Crippen molar-refractivity contribution in [1.82, 2.24) is 0 Å². The van der Waals surface area contributed by atoms with Crippen molar-refractivity contribution in [2.45, 2.75) is 0 Å². The maximum absolute atomic E-state index is 12.8. The molecule has 2 rings (SSSR count). The standard InChI is InChI=1S/C11H11F2N/c1-2-8-6-14(7-8)11-4-9(12)3-10(13)5-11/h2-5,8H,1,6-7H2. The van der Waals surface area contributed by atoms with Crippen molar-refractivity contribution in [3.05, 3.63) is 42.5 Å². The Bertz CT molecular complexity index is 336. The highest BCUT2D eigenvalue weighted by molar-refractivity contribution is 5.49. The Morgan fingerprint density at radius 1 is 1.21 bits per heavy atom. The molecule has 0 atom stereocenters. The van der Waals surface area contributed by atoms with E-state index in [1.807, 2.05) is 11.0 Å². The molecular formula is C11H11F2N. The Morgan fingerprint density at radius 3 is 2.29 bits per heavy atom. The van der Waals surface area contributed by atoms with E-state index in [9.17, 15) is 8.78 Å². The summed E-state index contributed by atoms with van der Waals surface area (Å²) in [5, 5.41) is 0. The maximum atomic E-state index is 12.8. The smallest absolute Gasteiger partial charge is 0.128 e. The highest BCUT2D eigenvalue weighted by Crippen LogP contribution is 2.26. The van der Waals surface area contributed by atoms with Crippen LogP contribution in [-0.4, -0.2) is 13.1 Å². The average molecular weight is 195 g/mol. The molecule has 0 aliphatic carbocycles. The molecule has 74 valence electrons. The summed E-state index contributed by atoms with van der Waals surface area (Å²) in [5.74, 6) is -0.606. The highest BCUT2D eigenvalue weighted by atomic mass is 19.1. The summed E-state index contributed by atoms with van der Waals surface area (Å²) in [6.45, 7) is 5.27. The Kier molecular flexibility index (Phi) is 2.23. The van der Waals surface area contributed by atoms with Gasteiger partial charge in [-0.25, -0.2) is 8.78 Å². The summed E-state index contributed by atoms with van der Waals surface area (Å²) in [7, 11) is 0. The molecule has 1 aliphatic heterocycles. The Labute approximate surface area is 81.7 Å². The van der Waals surface area contributed by atoms with E-state index >= 15 is 0 Å². The highest BCUT2D eigenvalue weighted by Gasteiger charge is 2.24. The number of benzene rings is 1. The second-order valence-electron chi connectivity index (χ2n) is 3.53. The molecule has 1 aliphatic rings. The van der Waals surface area contributed by atoms with Gasteiger partial charge in [-0.3, -0.25) is 0 Å². The molecule has 1 nitrogen and oxygen atoms in total. The molecule has 0 bridgehead atoms. The van der Waals surface area contributed by atoms with Crippen LogP contribution < -0.4 is 4.90 Å². The summed E-state index contributed by atoms with van der Waals surface area (Å²) in [4.78, 5) is 1.93. The van der Waals surface area contributed by atoms with E-state index < -0.39 is 11.6 Å². The van der Waals surface area contributed by atoms with Crippen molar-refractivity contribution in [3.8, 4) is 0 Å². The predicted octanol–water partition coefficient (Wildman–Crippen LogP) is 2.59. The fourth-order valence-corrected chi connectivity index (χ4v) is 1.59. The van der Waals surface area contributed by atoms with E-state index in [-0.39, 0.29) is 0 Å². The summed E-state index contributed by atoms with van der Waals surface area (Å²) in [5.41, 5.74) is 0.612. The van der Waals surface area contributed by atoms with Gasteiger partial charge in [-0.15, -0.1) is 6.58 Å². The molecule has 1 saturated heterocycles. The van der Waals surface area contributed by atoms with E-state index in [1.54, 1.807) is 0 Å². The first kappa shape index (κ1) is 9.19. The van der Waals surface area contributed by atoms with Gasteiger partial charge in [-0.05, 0) is 12.1 Å². The van der Waals surface area contributed by atoms with Crippen LogP contribution in [0, 0.1) is 17.6 Å². The van der Waals surface area contributed by atoms with Gasteiger partial charge in [0.1, 0.15) is 11.6 Å². The normalized spacial score (nSPS) is 16.6.